The molecule has 1 aromatic carbocycles. The number of anilines is 1. The zero-order valence-electron chi connectivity index (χ0n) is 9.86. The summed E-state index contributed by atoms with van der Waals surface area (Å²) in [5, 5.41) is 13.4. The summed E-state index contributed by atoms with van der Waals surface area (Å²) in [5.41, 5.74) is 2.27. The van der Waals surface area contributed by atoms with Crippen molar-refractivity contribution in [2.75, 3.05) is 12.4 Å². The summed E-state index contributed by atoms with van der Waals surface area (Å²) in [4.78, 5) is 0. The number of benzene rings is 1. The molecule has 0 saturated heterocycles. The van der Waals surface area contributed by atoms with Crippen molar-refractivity contribution in [1.82, 2.24) is 0 Å². The molecule has 2 unspecified atom stereocenters. The number of ether oxygens (including phenoxy) is 1. The summed E-state index contributed by atoms with van der Waals surface area (Å²) in [6, 6.07) is 6.13. The van der Waals surface area contributed by atoms with Crippen molar-refractivity contribution in [3.8, 4) is 5.75 Å². The van der Waals surface area contributed by atoms with Gasteiger partial charge in [-0.2, -0.15) is 0 Å². The maximum Gasteiger partial charge on any atom is 0.120 e. The Bertz CT molecular complexity index is 365. The van der Waals surface area contributed by atoms with Crippen LogP contribution in [0.25, 0.3) is 0 Å². The van der Waals surface area contributed by atoms with Gasteiger partial charge in [0, 0.05) is 18.2 Å². The van der Waals surface area contributed by atoms with E-state index in [1.54, 1.807) is 7.11 Å². The first-order chi connectivity index (χ1) is 7.74. The van der Waals surface area contributed by atoms with Gasteiger partial charge in [-0.25, -0.2) is 0 Å². The third-order valence-corrected chi connectivity index (χ3v) is 3.15. The Balaban J connectivity index is 2.22. The SMILES string of the molecule is CCCC1Nc2cc(OC)ccc2CC1O. The topological polar surface area (TPSA) is 41.5 Å². The van der Waals surface area contributed by atoms with E-state index in [1.807, 2.05) is 18.2 Å². The molecule has 0 radical (unpaired) electrons. The largest absolute Gasteiger partial charge is 0.497 e. The third-order valence-electron chi connectivity index (χ3n) is 3.15. The van der Waals surface area contributed by atoms with E-state index in [9.17, 15) is 5.11 Å². The molecular formula is C13H19NO2. The van der Waals surface area contributed by atoms with E-state index >= 15 is 0 Å². The first-order valence-electron chi connectivity index (χ1n) is 5.86. The van der Waals surface area contributed by atoms with Crippen LogP contribution in [-0.4, -0.2) is 24.4 Å². The number of methoxy groups -OCH3 is 1. The molecule has 88 valence electrons. The van der Waals surface area contributed by atoms with Crippen LogP contribution in [-0.2, 0) is 6.42 Å². The van der Waals surface area contributed by atoms with E-state index in [4.69, 9.17) is 4.74 Å². The summed E-state index contributed by atoms with van der Waals surface area (Å²) in [5.74, 6) is 0.859. The lowest BCUT2D eigenvalue weighted by Gasteiger charge is -2.31. The van der Waals surface area contributed by atoms with Gasteiger partial charge in [0.25, 0.3) is 0 Å². The second kappa shape index (κ2) is 4.74. The third kappa shape index (κ3) is 2.14. The van der Waals surface area contributed by atoms with Gasteiger partial charge in [-0.3, -0.25) is 0 Å². The predicted octanol–water partition coefficient (Wildman–Crippen LogP) is 2.19. The molecule has 0 aromatic heterocycles. The highest BCUT2D eigenvalue weighted by molar-refractivity contribution is 5.58. The van der Waals surface area contributed by atoms with E-state index in [2.05, 4.69) is 12.2 Å². The summed E-state index contributed by atoms with van der Waals surface area (Å²) in [6.07, 6.45) is 2.53. The molecule has 3 heteroatoms. The molecule has 1 aliphatic rings. The molecule has 1 aliphatic heterocycles. The highest BCUT2D eigenvalue weighted by atomic mass is 16.5. The minimum atomic E-state index is -0.277. The number of aliphatic hydroxyl groups is 1. The van der Waals surface area contributed by atoms with Gasteiger partial charge in [0.15, 0.2) is 0 Å². The van der Waals surface area contributed by atoms with Crippen molar-refractivity contribution < 1.29 is 9.84 Å². The molecule has 2 N–H and O–H groups in total. The van der Waals surface area contributed by atoms with Crippen LogP contribution >= 0.6 is 0 Å². The molecule has 2 rings (SSSR count). The molecule has 3 nitrogen and oxygen atoms in total. The molecule has 0 saturated carbocycles. The van der Waals surface area contributed by atoms with Crippen molar-refractivity contribution in [3.63, 3.8) is 0 Å². The minimum absolute atomic E-state index is 0.171. The molecular weight excluding hydrogens is 202 g/mol. The Labute approximate surface area is 96.4 Å². The van der Waals surface area contributed by atoms with Gasteiger partial charge in [-0.05, 0) is 18.1 Å². The van der Waals surface area contributed by atoms with Gasteiger partial charge in [-0.15, -0.1) is 0 Å². The number of nitrogens with one attached hydrogen (secondary N) is 1. The molecule has 1 aromatic rings. The van der Waals surface area contributed by atoms with Gasteiger partial charge in [0.1, 0.15) is 5.75 Å². The molecule has 16 heavy (non-hydrogen) atoms. The number of hydrogen-bond donors (Lipinski definition) is 2. The zero-order valence-corrected chi connectivity index (χ0v) is 9.86. The maximum absolute atomic E-state index is 9.98. The summed E-state index contributed by atoms with van der Waals surface area (Å²) in [6.45, 7) is 2.13. The van der Waals surface area contributed by atoms with Gasteiger partial charge in [0.05, 0.1) is 19.3 Å². The van der Waals surface area contributed by atoms with E-state index in [0.717, 1.165) is 30.7 Å². The highest BCUT2D eigenvalue weighted by Gasteiger charge is 2.25. The van der Waals surface area contributed by atoms with Gasteiger partial charge in [-0.1, -0.05) is 19.4 Å². The molecule has 2 atom stereocenters. The van der Waals surface area contributed by atoms with Crippen LogP contribution in [0, 0.1) is 0 Å². The van der Waals surface area contributed by atoms with Crippen LogP contribution in [0.4, 0.5) is 5.69 Å². The maximum atomic E-state index is 9.98. The first kappa shape index (κ1) is 11.3. The van der Waals surface area contributed by atoms with Crippen molar-refractivity contribution >= 4 is 5.69 Å². The molecule has 0 aliphatic carbocycles. The quantitative estimate of drug-likeness (QED) is 0.822. The smallest absolute Gasteiger partial charge is 0.120 e. The summed E-state index contributed by atoms with van der Waals surface area (Å²) >= 11 is 0. The monoisotopic (exact) mass is 221 g/mol. The van der Waals surface area contributed by atoms with E-state index < -0.39 is 0 Å². The molecule has 0 amide bonds. The Hall–Kier alpha value is -1.22. The minimum Gasteiger partial charge on any atom is -0.497 e. The van der Waals surface area contributed by atoms with Crippen LogP contribution in [0.1, 0.15) is 25.3 Å². The number of fused-ring (bicyclic) bond motifs is 1. The molecule has 0 fully saturated rings. The van der Waals surface area contributed by atoms with Crippen LogP contribution in [0.5, 0.6) is 5.75 Å². The van der Waals surface area contributed by atoms with Crippen LogP contribution in [0.2, 0.25) is 0 Å². The van der Waals surface area contributed by atoms with E-state index in [0.29, 0.717) is 0 Å². The van der Waals surface area contributed by atoms with Crippen molar-refractivity contribution in [2.45, 2.75) is 38.3 Å². The fraction of sp³-hybridized carbons (Fsp3) is 0.538. The van der Waals surface area contributed by atoms with E-state index in [1.165, 1.54) is 5.56 Å². The van der Waals surface area contributed by atoms with Gasteiger partial charge >= 0.3 is 0 Å². The fourth-order valence-corrected chi connectivity index (χ4v) is 2.23. The summed E-state index contributed by atoms with van der Waals surface area (Å²) in [7, 11) is 1.67. The zero-order chi connectivity index (χ0) is 11.5. The Kier molecular flexibility index (Phi) is 3.34. The van der Waals surface area contributed by atoms with Crippen LogP contribution in [0.15, 0.2) is 18.2 Å². The van der Waals surface area contributed by atoms with Gasteiger partial charge < -0.3 is 15.2 Å². The lowest BCUT2D eigenvalue weighted by atomic mass is 9.93. The van der Waals surface area contributed by atoms with Crippen molar-refractivity contribution in [2.24, 2.45) is 0 Å². The average Bonchev–Trinajstić information content (AvgIpc) is 2.30. The summed E-state index contributed by atoms with van der Waals surface area (Å²) < 4.78 is 5.20. The Morgan fingerprint density at radius 3 is 3.00 bits per heavy atom. The van der Waals surface area contributed by atoms with Crippen molar-refractivity contribution in [1.29, 1.82) is 0 Å². The average molecular weight is 221 g/mol. The van der Waals surface area contributed by atoms with Gasteiger partial charge in [0.2, 0.25) is 0 Å². The molecule has 0 spiro atoms. The molecule has 0 bridgehead atoms. The Morgan fingerprint density at radius 2 is 2.31 bits per heavy atom. The number of hydrogen-bond acceptors (Lipinski definition) is 3. The fourth-order valence-electron chi connectivity index (χ4n) is 2.23. The first-order valence-corrected chi connectivity index (χ1v) is 5.86. The Morgan fingerprint density at radius 1 is 1.50 bits per heavy atom. The second-order valence-corrected chi connectivity index (χ2v) is 4.33. The van der Waals surface area contributed by atoms with Crippen LogP contribution in [0.3, 0.4) is 0 Å². The number of aliphatic hydroxyl groups excluding tert-OH is 1. The number of rotatable bonds is 3. The van der Waals surface area contributed by atoms with Crippen LogP contribution < -0.4 is 10.1 Å². The predicted molar refractivity (Wildman–Crippen MR) is 65.0 cm³/mol. The van der Waals surface area contributed by atoms with E-state index in [-0.39, 0.29) is 12.1 Å². The van der Waals surface area contributed by atoms with Crippen molar-refractivity contribution in [3.05, 3.63) is 23.8 Å². The molecule has 1 heterocycles. The lowest BCUT2D eigenvalue weighted by molar-refractivity contribution is 0.143. The highest BCUT2D eigenvalue weighted by Crippen LogP contribution is 2.30. The standard InChI is InChI=1S/C13H19NO2/c1-3-4-11-13(15)7-9-5-6-10(16-2)8-12(9)14-11/h5-6,8,11,13-15H,3-4,7H2,1-2H3. The normalized spacial score (nSPS) is 23.4. The second-order valence-electron chi connectivity index (χ2n) is 4.33. The lowest BCUT2D eigenvalue weighted by Crippen LogP contribution is -2.39.